The van der Waals surface area contributed by atoms with Crippen LogP contribution in [-0.2, 0) is 0 Å². The molecule has 136 valence electrons. The fourth-order valence-electron chi connectivity index (χ4n) is 2.88. The summed E-state index contributed by atoms with van der Waals surface area (Å²) in [5.74, 6) is 1.28. The van der Waals surface area contributed by atoms with E-state index in [0.29, 0.717) is 22.9 Å². The largest absolute Gasteiger partial charge is 0.399 e. The van der Waals surface area contributed by atoms with Gasteiger partial charge in [-0.2, -0.15) is 0 Å². The minimum atomic E-state index is -2.57. The van der Waals surface area contributed by atoms with Crippen LogP contribution in [0.4, 0.5) is 26.0 Å². The lowest BCUT2D eigenvalue weighted by molar-refractivity contribution is 0.151. The van der Waals surface area contributed by atoms with Crippen molar-refractivity contribution in [2.75, 3.05) is 23.4 Å². The van der Waals surface area contributed by atoms with E-state index in [4.69, 9.17) is 5.73 Å². The maximum absolute atomic E-state index is 13.1. The molecule has 4 N–H and O–H groups in total. The van der Waals surface area contributed by atoms with Crippen LogP contribution in [0, 0.1) is 6.92 Å². The fourth-order valence-corrected chi connectivity index (χ4v) is 2.88. The Labute approximate surface area is 150 Å². The number of hydrogen-bond acceptors (Lipinski definition) is 5. The van der Waals surface area contributed by atoms with Crippen molar-refractivity contribution in [3.8, 4) is 0 Å². The van der Waals surface area contributed by atoms with Gasteiger partial charge in [0.2, 0.25) is 0 Å². The van der Waals surface area contributed by atoms with Crippen molar-refractivity contribution < 1.29 is 8.78 Å². The standard InChI is InChI=1S/C19H21F2N5/c1-10(12-6-13(18(20)21)8-14(22)7-12)24-19-16-9-15(23-3)4-5-17(16)25-11(2)26-19/h4-10,18,23H,22H2,1-3H3,(H,24,25,26)/t10-/m1/s1. The molecule has 5 nitrogen and oxygen atoms in total. The second-order valence-corrected chi connectivity index (χ2v) is 6.20. The number of nitrogen functional groups attached to an aromatic ring is 1. The van der Waals surface area contributed by atoms with Crippen LogP contribution in [0.3, 0.4) is 0 Å². The van der Waals surface area contributed by atoms with Crippen molar-refractivity contribution in [3.05, 3.63) is 53.3 Å². The highest BCUT2D eigenvalue weighted by molar-refractivity contribution is 5.91. The average molecular weight is 357 g/mol. The number of hydrogen-bond donors (Lipinski definition) is 3. The van der Waals surface area contributed by atoms with Gasteiger partial charge in [0.25, 0.3) is 6.43 Å². The predicted octanol–water partition coefficient (Wildman–Crippen LogP) is 4.67. The third-order valence-corrected chi connectivity index (χ3v) is 4.20. The van der Waals surface area contributed by atoms with Gasteiger partial charge in [-0.05, 0) is 55.8 Å². The highest BCUT2D eigenvalue weighted by Crippen LogP contribution is 2.30. The molecule has 3 rings (SSSR count). The van der Waals surface area contributed by atoms with Gasteiger partial charge >= 0.3 is 0 Å². The van der Waals surface area contributed by atoms with Gasteiger partial charge in [0, 0.05) is 29.4 Å². The van der Waals surface area contributed by atoms with Crippen LogP contribution in [-0.4, -0.2) is 17.0 Å². The number of fused-ring (bicyclic) bond motifs is 1. The molecule has 0 aliphatic rings. The summed E-state index contributed by atoms with van der Waals surface area (Å²) >= 11 is 0. The summed E-state index contributed by atoms with van der Waals surface area (Å²) in [7, 11) is 1.84. The summed E-state index contributed by atoms with van der Waals surface area (Å²) in [4.78, 5) is 8.94. The molecule has 3 aromatic rings. The Morgan fingerprint density at radius 1 is 1.04 bits per heavy atom. The summed E-state index contributed by atoms with van der Waals surface area (Å²) in [6, 6.07) is 10.0. The van der Waals surface area contributed by atoms with Crippen molar-refractivity contribution in [2.45, 2.75) is 26.3 Å². The number of rotatable bonds is 5. The van der Waals surface area contributed by atoms with Crippen LogP contribution in [0.5, 0.6) is 0 Å². The summed E-state index contributed by atoms with van der Waals surface area (Å²) < 4.78 is 26.1. The number of aryl methyl sites for hydroxylation is 1. The maximum atomic E-state index is 13.1. The molecule has 0 amide bonds. The van der Waals surface area contributed by atoms with Crippen LogP contribution < -0.4 is 16.4 Å². The first-order valence-electron chi connectivity index (χ1n) is 8.28. The molecule has 2 aromatic carbocycles. The van der Waals surface area contributed by atoms with E-state index in [-0.39, 0.29) is 11.6 Å². The van der Waals surface area contributed by atoms with Gasteiger partial charge in [0.15, 0.2) is 0 Å². The van der Waals surface area contributed by atoms with E-state index < -0.39 is 6.43 Å². The molecule has 7 heteroatoms. The first-order valence-corrected chi connectivity index (χ1v) is 8.28. The van der Waals surface area contributed by atoms with Crippen molar-refractivity contribution in [2.24, 2.45) is 0 Å². The van der Waals surface area contributed by atoms with Gasteiger partial charge < -0.3 is 16.4 Å². The Balaban J connectivity index is 2.00. The normalized spacial score (nSPS) is 12.4. The topological polar surface area (TPSA) is 75.9 Å². The second kappa shape index (κ2) is 7.11. The van der Waals surface area contributed by atoms with Gasteiger partial charge in [-0.15, -0.1) is 0 Å². The molecule has 1 atom stereocenters. The smallest absolute Gasteiger partial charge is 0.263 e. The zero-order valence-electron chi connectivity index (χ0n) is 14.8. The van der Waals surface area contributed by atoms with Crippen LogP contribution in [0.1, 0.15) is 36.3 Å². The quantitative estimate of drug-likeness (QED) is 0.579. The van der Waals surface area contributed by atoms with E-state index in [1.54, 1.807) is 6.07 Å². The third-order valence-electron chi connectivity index (χ3n) is 4.20. The van der Waals surface area contributed by atoms with E-state index in [9.17, 15) is 8.78 Å². The Morgan fingerprint density at radius 3 is 2.46 bits per heavy atom. The first kappa shape index (κ1) is 17.8. The SMILES string of the molecule is CNc1ccc2nc(C)nc(N[C@H](C)c3cc(N)cc(C(F)F)c3)c2c1. The number of halogens is 2. The Hall–Kier alpha value is -2.96. The lowest BCUT2D eigenvalue weighted by atomic mass is 10.0. The predicted molar refractivity (Wildman–Crippen MR) is 102 cm³/mol. The van der Waals surface area contributed by atoms with Gasteiger partial charge in [0.05, 0.1) is 11.6 Å². The summed E-state index contributed by atoms with van der Waals surface area (Å²) in [6.07, 6.45) is -2.57. The van der Waals surface area contributed by atoms with Crippen molar-refractivity contribution in [3.63, 3.8) is 0 Å². The third kappa shape index (κ3) is 3.66. The van der Waals surface area contributed by atoms with E-state index >= 15 is 0 Å². The van der Waals surface area contributed by atoms with Crippen molar-refractivity contribution >= 4 is 28.1 Å². The summed E-state index contributed by atoms with van der Waals surface area (Å²) in [6.45, 7) is 3.70. The molecule has 26 heavy (non-hydrogen) atoms. The first-order chi connectivity index (χ1) is 12.4. The lowest BCUT2D eigenvalue weighted by Gasteiger charge is -2.18. The van der Waals surface area contributed by atoms with E-state index in [1.165, 1.54) is 12.1 Å². The lowest BCUT2D eigenvalue weighted by Crippen LogP contribution is -2.10. The molecule has 0 unspecified atom stereocenters. The average Bonchev–Trinajstić information content (AvgIpc) is 2.60. The van der Waals surface area contributed by atoms with Gasteiger partial charge in [-0.3, -0.25) is 0 Å². The fraction of sp³-hybridized carbons (Fsp3) is 0.263. The number of benzene rings is 2. The number of aromatic nitrogens is 2. The van der Waals surface area contributed by atoms with E-state index in [2.05, 4.69) is 20.6 Å². The molecule has 0 fully saturated rings. The maximum Gasteiger partial charge on any atom is 0.263 e. The second-order valence-electron chi connectivity index (χ2n) is 6.20. The number of nitrogens with zero attached hydrogens (tertiary/aromatic N) is 2. The van der Waals surface area contributed by atoms with Crippen LogP contribution in [0.2, 0.25) is 0 Å². The zero-order valence-corrected chi connectivity index (χ0v) is 14.8. The molecule has 1 aromatic heterocycles. The molecule has 0 saturated heterocycles. The van der Waals surface area contributed by atoms with Crippen LogP contribution >= 0.6 is 0 Å². The summed E-state index contributed by atoms with van der Waals surface area (Å²) in [5, 5.41) is 7.25. The van der Waals surface area contributed by atoms with E-state index in [0.717, 1.165) is 16.6 Å². The molecule has 0 saturated carbocycles. The minimum Gasteiger partial charge on any atom is -0.399 e. The van der Waals surface area contributed by atoms with Crippen molar-refractivity contribution in [1.29, 1.82) is 0 Å². The highest BCUT2D eigenvalue weighted by Gasteiger charge is 2.15. The number of anilines is 3. The zero-order chi connectivity index (χ0) is 18.8. The van der Waals surface area contributed by atoms with Crippen LogP contribution in [0.25, 0.3) is 10.9 Å². The Kier molecular flexibility index (Phi) is 4.88. The van der Waals surface area contributed by atoms with Gasteiger partial charge in [-0.25, -0.2) is 18.7 Å². The highest BCUT2D eigenvalue weighted by atomic mass is 19.3. The summed E-state index contributed by atoms with van der Waals surface area (Å²) in [5.41, 5.74) is 8.43. The van der Waals surface area contributed by atoms with Crippen molar-refractivity contribution in [1.82, 2.24) is 9.97 Å². The number of alkyl halides is 2. The minimum absolute atomic E-state index is 0.0881. The Morgan fingerprint density at radius 2 is 1.77 bits per heavy atom. The molecule has 0 radical (unpaired) electrons. The monoisotopic (exact) mass is 357 g/mol. The molecule has 1 heterocycles. The number of nitrogens with two attached hydrogens (primary N) is 1. The van der Waals surface area contributed by atoms with E-state index in [1.807, 2.05) is 39.1 Å². The molecular formula is C19H21F2N5. The molecule has 0 bridgehead atoms. The Bertz CT molecular complexity index is 943. The van der Waals surface area contributed by atoms with Gasteiger partial charge in [0.1, 0.15) is 11.6 Å². The van der Waals surface area contributed by atoms with Crippen LogP contribution in [0.15, 0.2) is 36.4 Å². The molecule has 0 aliphatic heterocycles. The number of nitrogens with one attached hydrogen (secondary N) is 2. The molecular weight excluding hydrogens is 336 g/mol. The molecule has 0 aliphatic carbocycles. The van der Waals surface area contributed by atoms with Gasteiger partial charge in [-0.1, -0.05) is 0 Å². The molecule has 0 spiro atoms.